The number of likely N-dealkylation sites (tertiary alicyclic amines) is 1. The zero-order chi connectivity index (χ0) is 21.3. The fourth-order valence-corrected chi connectivity index (χ4v) is 4.75. The molecule has 0 N–H and O–H groups in total. The van der Waals surface area contributed by atoms with Gasteiger partial charge in [0, 0.05) is 24.7 Å². The molecule has 0 aliphatic carbocycles. The molecule has 0 radical (unpaired) electrons. The summed E-state index contributed by atoms with van der Waals surface area (Å²) in [4.78, 5) is 15.1. The third-order valence-corrected chi connectivity index (χ3v) is 6.82. The third-order valence-electron chi connectivity index (χ3n) is 5.50. The molecule has 2 atom stereocenters. The van der Waals surface area contributed by atoms with Crippen molar-refractivity contribution in [3.8, 4) is 11.5 Å². The second-order valence-electron chi connectivity index (χ2n) is 7.36. The Kier molecular flexibility index (Phi) is 5.88. The van der Waals surface area contributed by atoms with Gasteiger partial charge in [0.1, 0.15) is 5.70 Å². The van der Waals surface area contributed by atoms with Crippen molar-refractivity contribution in [1.82, 2.24) is 9.21 Å². The second-order valence-corrected chi connectivity index (χ2v) is 8.99. The van der Waals surface area contributed by atoms with E-state index < -0.39 is 10.2 Å². The lowest BCUT2D eigenvalue weighted by molar-refractivity contribution is -0.134. The van der Waals surface area contributed by atoms with Crippen LogP contribution < -0.4 is 9.47 Å². The lowest BCUT2D eigenvalue weighted by Gasteiger charge is -2.40. The fourth-order valence-electron chi connectivity index (χ4n) is 3.84. The van der Waals surface area contributed by atoms with E-state index >= 15 is 0 Å². The molecule has 9 heteroatoms. The summed E-state index contributed by atoms with van der Waals surface area (Å²) in [5, 5.41) is 0. The van der Waals surface area contributed by atoms with Crippen LogP contribution in [-0.4, -0.2) is 62.6 Å². The van der Waals surface area contributed by atoms with E-state index in [2.05, 4.69) is 4.40 Å². The highest BCUT2D eigenvalue weighted by molar-refractivity contribution is 7.88. The number of piperidine rings is 1. The van der Waals surface area contributed by atoms with Gasteiger partial charge in [0.05, 0.1) is 19.9 Å². The summed E-state index contributed by atoms with van der Waals surface area (Å²) in [5.74, 6) is 0.663. The van der Waals surface area contributed by atoms with E-state index in [1.54, 1.807) is 23.1 Å². The largest absolute Gasteiger partial charge is 0.493 e. The zero-order valence-corrected chi connectivity index (χ0v) is 18.2. The number of allylic oxidation sites excluding steroid dienone is 1. The van der Waals surface area contributed by atoms with Crippen molar-refractivity contribution in [1.29, 1.82) is 0 Å². The molecule has 0 spiro atoms. The van der Waals surface area contributed by atoms with E-state index in [9.17, 15) is 13.2 Å². The maximum Gasteiger partial charge on any atom is 0.345 e. The van der Waals surface area contributed by atoms with Gasteiger partial charge in [0.15, 0.2) is 11.5 Å². The van der Waals surface area contributed by atoms with Crippen LogP contribution in [0.1, 0.15) is 38.7 Å². The first-order valence-electron chi connectivity index (χ1n) is 9.55. The van der Waals surface area contributed by atoms with Crippen LogP contribution in [0.3, 0.4) is 0 Å². The molecule has 0 aromatic heterocycles. The predicted octanol–water partition coefficient (Wildman–Crippen LogP) is 2.36. The molecule has 1 aromatic rings. The lowest BCUT2D eigenvalue weighted by Crippen LogP contribution is -2.50. The first-order chi connectivity index (χ1) is 13.7. The van der Waals surface area contributed by atoms with E-state index in [-0.39, 0.29) is 29.4 Å². The highest BCUT2D eigenvalue weighted by atomic mass is 32.2. The van der Waals surface area contributed by atoms with Gasteiger partial charge in [-0.25, -0.2) is 4.31 Å². The molecule has 0 bridgehead atoms. The number of rotatable bonds is 4. The SMILES string of the molecule is COc1ccc(C2=NS(=O)(=O)N(C)C(C(=O)N3[C@H](C)CCC[C@H]3C)=C2)cc1OC. The minimum Gasteiger partial charge on any atom is -0.493 e. The Balaban J connectivity index is 2.05. The van der Waals surface area contributed by atoms with E-state index in [1.165, 1.54) is 27.3 Å². The van der Waals surface area contributed by atoms with Crippen molar-refractivity contribution in [2.45, 2.75) is 45.2 Å². The van der Waals surface area contributed by atoms with Crippen LogP contribution in [0.2, 0.25) is 0 Å². The standard InChI is InChI=1S/C20H27N3O5S/c1-13-7-6-8-14(2)23(13)20(24)17-12-16(21-29(25,26)22(17)3)15-9-10-18(27-4)19(11-15)28-5/h9-14H,6-8H2,1-5H3/t13-,14-/m1/s1. The molecule has 3 rings (SSSR count). The molecule has 1 aromatic carbocycles. The fraction of sp³-hybridized carbons (Fsp3) is 0.500. The topological polar surface area (TPSA) is 88.5 Å². The van der Waals surface area contributed by atoms with Gasteiger partial charge in [-0.15, -0.1) is 4.40 Å². The van der Waals surface area contributed by atoms with Crippen molar-refractivity contribution in [3.63, 3.8) is 0 Å². The Labute approximate surface area is 172 Å². The molecular formula is C20H27N3O5S. The molecule has 2 aliphatic rings. The van der Waals surface area contributed by atoms with Crippen LogP contribution in [0, 0.1) is 0 Å². The monoisotopic (exact) mass is 421 g/mol. The summed E-state index contributed by atoms with van der Waals surface area (Å²) in [6.07, 6.45) is 4.38. The number of likely N-dealkylation sites (N-methyl/N-ethyl adjacent to an activating group) is 1. The Morgan fingerprint density at radius 2 is 1.72 bits per heavy atom. The number of nitrogens with zero attached hydrogens (tertiary/aromatic N) is 3. The smallest absolute Gasteiger partial charge is 0.345 e. The highest BCUT2D eigenvalue weighted by Gasteiger charge is 2.37. The Bertz CT molecular complexity index is 960. The average molecular weight is 422 g/mol. The number of carbonyl (C=O) groups is 1. The lowest BCUT2D eigenvalue weighted by atomic mass is 9.97. The van der Waals surface area contributed by atoms with Crippen LogP contribution in [0.4, 0.5) is 0 Å². The molecule has 1 saturated heterocycles. The zero-order valence-electron chi connectivity index (χ0n) is 17.4. The summed E-state index contributed by atoms with van der Waals surface area (Å²) in [6, 6.07) is 5.10. The van der Waals surface area contributed by atoms with Crippen LogP contribution in [0.15, 0.2) is 34.4 Å². The molecule has 29 heavy (non-hydrogen) atoms. The van der Waals surface area contributed by atoms with Gasteiger partial charge in [-0.3, -0.25) is 4.79 Å². The second kappa shape index (κ2) is 8.06. The Morgan fingerprint density at radius 3 is 2.31 bits per heavy atom. The minimum atomic E-state index is -4.03. The maximum absolute atomic E-state index is 13.3. The van der Waals surface area contributed by atoms with Gasteiger partial charge in [-0.1, -0.05) is 0 Å². The number of hydrogen-bond donors (Lipinski definition) is 0. The van der Waals surface area contributed by atoms with Crippen molar-refractivity contribution in [2.75, 3.05) is 21.3 Å². The minimum absolute atomic E-state index is 0.0478. The van der Waals surface area contributed by atoms with E-state index in [4.69, 9.17) is 9.47 Å². The van der Waals surface area contributed by atoms with Gasteiger partial charge in [-0.05, 0) is 57.4 Å². The van der Waals surface area contributed by atoms with Gasteiger partial charge in [0.25, 0.3) is 5.91 Å². The molecule has 1 fully saturated rings. The maximum atomic E-state index is 13.3. The molecule has 158 valence electrons. The summed E-state index contributed by atoms with van der Waals surface area (Å²) < 4.78 is 40.7. The van der Waals surface area contributed by atoms with Crippen LogP contribution >= 0.6 is 0 Å². The van der Waals surface area contributed by atoms with E-state index in [1.807, 2.05) is 13.8 Å². The normalized spacial score (nSPS) is 23.9. The quantitative estimate of drug-likeness (QED) is 0.745. The molecule has 0 unspecified atom stereocenters. The summed E-state index contributed by atoms with van der Waals surface area (Å²) >= 11 is 0. The number of carbonyl (C=O) groups excluding carboxylic acids is 1. The molecule has 0 saturated carbocycles. The van der Waals surface area contributed by atoms with Gasteiger partial charge in [-0.2, -0.15) is 8.42 Å². The van der Waals surface area contributed by atoms with Gasteiger partial charge >= 0.3 is 10.2 Å². The first-order valence-corrected chi connectivity index (χ1v) is 10.9. The Hall–Kier alpha value is -2.55. The average Bonchev–Trinajstić information content (AvgIpc) is 2.69. The van der Waals surface area contributed by atoms with Gasteiger partial charge in [0.2, 0.25) is 0 Å². The molecule has 1 amide bonds. The number of ether oxygens (including phenoxy) is 2. The number of benzene rings is 1. The third kappa shape index (κ3) is 3.96. The van der Waals surface area contributed by atoms with E-state index in [0.717, 1.165) is 23.6 Å². The van der Waals surface area contributed by atoms with Gasteiger partial charge < -0.3 is 14.4 Å². The molecule has 8 nitrogen and oxygen atoms in total. The van der Waals surface area contributed by atoms with Crippen LogP contribution in [0.25, 0.3) is 0 Å². The highest BCUT2D eigenvalue weighted by Crippen LogP contribution is 2.31. The van der Waals surface area contributed by atoms with Crippen LogP contribution in [0.5, 0.6) is 11.5 Å². The summed E-state index contributed by atoms with van der Waals surface area (Å²) in [7, 11) is 0.345. The van der Waals surface area contributed by atoms with Crippen molar-refractivity contribution >= 4 is 21.8 Å². The first kappa shape index (κ1) is 21.2. The predicted molar refractivity (Wildman–Crippen MR) is 110 cm³/mol. The number of amides is 1. The van der Waals surface area contributed by atoms with Crippen molar-refractivity contribution in [3.05, 3.63) is 35.5 Å². The Morgan fingerprint density at radius 1 is 1.10 bits per heavy atom. The number of hydrogen-bond acceptors (Lipinski definition) is 5. The van der Waals surface area contributed by atoms with Crippen molar-refractivity contribution in [2.24, 2.45) is 4.40 Å². The number of methoxy groups -OCH3 is 2. The molecule has 2 aliphatic heterocycles. The summed E-state index contributed by atoms with van der Waals surface area (Å²) in [6.45, 7) is 3.99. The van der Waals surface area contributed by atoms with E-state index in [0.29, 0.717) is 17.1 Å². The van der Waals surface area contributed by atoms with Crippen molar-refractivity contribution < 1.29 is 22.7 Å². The van der Waals surface area contributed by atoms with Crippen LogP contribution in [-0.2, 0) is 15.0 Å². The molecular weight excluding hydrogens is 394 g/mol. The summed E-state index contributed by atoms with van der Waals surface area (Å²) in [5.41, 5.74) is 0.791. The molecule has 2 heterocycles.